The van der Waals surface area contributed by atoms with Crippen LogP contribution in [0.4, 0.5) is 0 Å². The van der Waals surface area contributed by atoms with E-state index in [1.54, 1.807) is 37.5 Å². The molecule has 0 aliphatic rings. The van der Waals surface area contributed by atoms with Gasteiger partial charge in [-0.15, -0.1) is 11.3 Å². The number of hydrogen-bond donors (Lipinski definition) is 0. The van der Waals surface area contributed by atoms with Gasteiger partial charge in [-0.3, -0.25) is 0 Å². The Morgan fingerprint density at radius 2 is 1.94 bits per heavy atom. The fourth-order valence-corrected chi connectivity index (χ4v) is 3.38. The second kappa shape index (κ2) is 5.17. The van der Waals surface area contributed by atoms with Gasteiger partial charge in [-0.25, -0.2) is 13.4 Å². The van der Waals surface area contributed by atoms with Crippen molar-refractivity contribution in [2.24, 2.45) is 0 Å². The van der Waals surface area contributed by atoms with E-state index >= 15 is 0 Å². The second-order valence-corrected chi connectivity index (χ2v) is 7.02. The predicted octanol–water partition coefficient (Wildman–Crippen LogP) is 2.27. The van der Waals surface area contributed by atoms with Gasteiger partial charge in [-0.05, 0) is 19.1 Å². The van der Waals surface area contributed by atoms with Crippen molar-refractivity contribution in [3.63, 3.8) is 0 Å². The molecule has 0 aliphatic heterocycles. The maximum absolute atomic E-state index is 12.3. The summed E-state index contributed by atoms with van der Waals surface area (Å²) in [5.41, 5.74) is 1.04. The first-order valence-corrected chi connectivity index (χ1v) is 7.73. The molecule has 6 heteroatoms. The van der Waals surface area contributed by atoms with Crippen LogP contribution in [0.5, 0.6) is 0 Å². The third-order valence-corrected chi connectivity index (χ3v) is 5.15. The third kappa shape index (κ3) is 2.77. The smallest absolute Gasteiger partial charge is 0.243 e. The first-order valence-electron chi connectivity index (χ1n) is 5.41. The van der Waals surface area contributed by atoms with Crippen LogP contribution in [0.25, 0.3) is 0 Å². The van der Waals surface area contributed by atoms with Gasteiger partial charge in [-0.2, -0.15) is 4.31 Å². The van der Waals surface area contributed by atoms with E-state index in [1.165, 1.54) is 15.6 Å². The van der Waals surface area contributed by atoms with Gasteiger partial charge in [-0.1, -0.05) is 17.7 Å². The number of hydrogen-bond acceptors (Lipinski definition) is 4. The zero-order valence-electron chi connectivity index (χ0n) is 10.2. The summed E-state index contributed by atoms with van der Waals surface area (Å²) in [4.78, 5) is 4.40. The summed E-state index contributed by atoms with van der Waals surface area (Å²) >= 11 is 1.45. The first kappa shape index (κ1) is 13.2. The minimum Gasteiger partial charge on any atom is -0.248 e. The quantitative estimate of drug-likeness (QED) is 0.864. The van der Waals surface area contributed by atoms with Gasteiger partial charge in [0.25, 0.3) is 0 Å². The maximum atomic E-state index is 12.3. The van der Waals surface area contributed by atoms with Crippen molar-refractivity contribution in [1.29, 1.82) is 0 Å². The molecule has 2 aromatic rings. The SMILES string of the molecule is Cc1ccc(S(=O)(=O)N(C)Cc2nccs2)cc1. The molecule has 0 amide bonds. The van der Waals surface area contributed by atoms with Gasteiger partial charge < -0.3 is 0 Å². The van der Waals surface area contributed by atoms with Crippen LogP contribution in [0.1, 0.15) is 10.6 Å². The van der Waals surface area contributed by atoms with Gasteiger partial charge in [0.2, 0.25) is 10.0 Å². The summed E-state index contributed by atoms with van der Waals surface area (Å²) in [6, 6.07) is 6.85. The molecule has 2 rings (SSSR count). The lowest BCUT2D eigenvalue weighted by Crippen LogP contribution is -2.26. The molecule has 0 saturated heterocycles. The Bertz CT molecular complexity index is 604. The van der Waals surface area contributed by atoms with E-state index in [0.717, 1.165) is 10.6 Å². The van der Waals surface area contributed by atoms with Crippen molar-refractivity contribution < 1.29 is 8.42 Å². The molecule has 0 atom stereocenters. The lowest BCUT2D eigenvalue weighted by molar-refractivity contribution is 0.466. The fourth-order valence-electron chi connectivity index (χ4n) is 1.50. The summed E-state index contributed by atoms with van der Waals surface area (Å²) in [6.45, 7) is 2.23. The van der Waals surface area contributed by atoms with E-state index in [-0.39, 0.29) is 0 Å². The predicted molar refractivity (Wildman–Crippen MR) is 71.9 cm³/mol. The molecule has 0 N–H and O–H groups in total. The number of sulfonamides is 1. The standard InChI is InChI=1S/C12H14N2O2S2/c1-10-3-5-11(6-4-10)18(15,16)14(2)9-12-13-7-8-17-12/h3-8H,9H2,1-2H3. The topological polar surface area (TPSA) is 50.3 Å². The molecule has 0 bridgehead atoms. The Balaban J connectivity index is 2.22. The lowest BCUT2D eigenvalue weighted by atomic mass is 10.2. The van der Waals surface area contributed by atoms with E-state index in [1.807, 2.05) is 12.3 Å². The zero-order valence-corrected chi connectivity index (χ0v) is 11.8. The first-order chi connectivity index (χ1) is 8.50. The highest BCUT2D eigenvalue weighted by molar-refractivity contribution is 7.89. The van der Waals surface area contributed by atoms with Gasteiger partial charge in [0.05, 0.1) is 11.4 Å². The molecule has 1 aromatic heterocycles. The molecule has 96 valence electrons. The average molecular weight is 282 g/mol. The Kier molecular flexibility index (Phi) is 3.79. The van der Waals surface area contributed by atoms with Crippen molar-refractivity contribution in [2.75, 3.05) is 7.05 Å². The van der Waals surface area contributed by atoms with Crippen LogP contribution in [0, 0.1) is 6.92 Å². The molecule has 0 spiro atoms. The number of aromatic nitrogens is 1. The minimum atomic E-state index is -3.43. The van der Waals surface area contributed by atoms with Crippen LogP contribution < -0.4 is 0 Å². The molecular formula is C12H14N2O2S2. The average Bonchev–Trinajstić information content (AvgIpc) is 2.82. The van der Waals surface area contributed by atoms with Crippen LogP contribution in [0.3, 0.4) is 0 Å². The Hall–Kier alpha value is -1.24. The normalized spacial score (nSPS) is 11.9. The summed E-state index contributed by atoms with van der Waals surface area (Å²) < 4.78 is 25.9. The summed E-state index contributed by atoms with van der Waals surface area (Å²) in [5, 5.41) is 2.62. The monoisotopic (exact) mass is 282 g/mol. The van der Waals surface area contributed by atoms with Crippen LogP contribution in [-0.2, 0) is 16.6 Å². The van der Waals surface area contributed by atoms with Crippen molar-refractivity contribution in [1.82, 2.24) is 9.29 Å². The van der Waals surface area contributed by atoms with E-state index < -0.39 is 10.0 Å². The van der Waals surface area contributed by atoms with Crippen LogP contribution in [0.2, 0.25) is 0 Å². The van der Waals surface area contributed by atoms with Gasteiger partial charge >= 0.3 is 0 Å². The zero-order chi connectivity index (χ0) is 13.2. The van der Waals surface area contributed by atoms with Gasteiger partial charge in [0.15, 0.2) is 0 Å². The highest BCUT2D eigenvalue weighted by atomic mass is 32.2. The molecule has 0 fully saturated rings. The molecule has 4 nitrogen and oxygen atoms in total. The van der Waals surface area contributed by atoms with Crippen molar-refractivity contribution >= 4 is 21.4 Å². The van der Waals surface area contributed by atoms with Crippen molar-refractivity contribution in [2.45, 2.75) is 18.4 Å². The highest BCUT2D eigenvalue weighted by Gasteiger charge is 2.21. The van der Waals surface area contributed by atoms with E-state index in [4.69, 9.17) is 0 Å². The molecule has 0 aliphatic carbocycles. The Morgan fingerprint density at radius 3 is 2.50 bits per heavy atom. The summed E-state index contributed by atoms with van der Waals surface area (Å²) in [6.07, 6.45) is 1.67. The minimum absolute atomic E-state index is 0.299. The molecular weight excluding hydrogens is 268 g/mol. The van der Waals surface area contributed by atoms with Crippen LogP contribution in [0.15, 0.2) is 40.7 Å². The lowest BCUT2D eigenvalue weighted by Gasteiger charge is -2.15. The number of benzene rings is 1. The molecule has 0 saturated carbocycles. The van der Waals surface area contributed by atoms with E-state index in [0.29, 0.717) is 11.4 Å². The van der Waals surface area contributed by atoms with Crippen molar-refractivity contribution in [3.05, 3.63) is 46.4 Å². The van der Waals surface area contributed by atoms with E-state index in [2.05, 4.69) is 4.98 Å². The van der Waals surface area contributed by atoms with Crippen LogP contribution >= 0.6 is 11.3 Å². The van der Waals surface area contributed by atoms with Gasteiger partial charge in [0, 0.05) is 18.6 Å². The molecule has 0 radical (unpaired) electrons. The number of aryl methyl sites for hydroxylation is 1. The largest absolute Gasteiger partial charge is 0.248 e. The summed E-state index contributed by atoms with van der Waals surface area (Å²) in [7, 11) is -1.87. The Morgan fingerprint density at radius 1 is 1.28 bits per heavy atom. The third-order valence-electron chi connectivity index (χ3n) is 2.57. The maximum Gasteiger partial charge on any atom is 0.243 e. The number of thiazole rings is 1. The van der Waals surface area contributed by atoms with Crippen molar-refractivity contribution in [3.8, 4) is 0 Å². The van der Waals surface area contributed by atoms with Gasteiger partial charge in [0.1, 0.15) is 5.01 Å². The molecule has 0 unspecified atom stereocenters. The number of rotatable bonds is 4. The molecule has 1 heterocycles. The molecule has 1 aromatic carbocycles. The highest BCUT2D eigenvalue weighted by Crippen LogP contribution is 2.17. The fraction of sp³-hybridized carbons (Fsp3) is 0.250. The Labute approximate surface area is 111 Å². The summed E-state index contributed by atoms with van der Waals surface area (Å²) in [5.74, 6) is 0. The van der Waals surface area contributed by atoms with E-state index in [9.17, 15) is 8.42 Å². The van der Waals surface area contributed by atoms with Crippen LogP contribution in [-0.4, -0.2) is 24.8 Å². The number of nitrogens with zero attached hydrogens (tertiary/aromatic N) is 2. The molecule has 18 heavy (non-hydrogen) atoms. The second-order valence-electron chi connectivity index (χ2n) is 4.00.